The van der Waals surface area contributed by atoms with Gasteiger partial charge in [0.25, 0.3) is 0 Å². The molecule has 27 heavy (non-hydrogen) atoms. The molecule has 1 aliphatic heterocycles. The Balaban J connectivity index is 1.59. The van der Waals surface area contributed by atoms with E-state index in [0.29, 0.717) is 5.82 Å². The van der Waals surface area contributed by atoms with Gasteiger partial charge in [0.15, 0.2) is 5.82 Å². The van der Waals surface area contributed by atoms with Crippen molar-refractivity contribution < 1.29 is 9.59 Å². The molecule has 0 saturated carbocycles. The van der Waals surface area contributed by atoms with Crippen LogP contribution >= 0.6 is 11.3 Å². The van der Waals surface area contributed by atoms with E-state index in [-0.39, 0.29) is 23.8 Å². The molecule has 1 fully saturated rings. The van der Waals surface area contributed by atoms with Crippen LogP contribution in [-0.2, 0) is 9.59 Å². The van der Waals surface area contributed by atoms with Gasteiger partial charge < -0.3 is 15.5 Å². The molecule has 8 heteroatoms. The van der Waals surface area contributed by atoms with Crippen molar-refractivity contribution in [1.82, 2.24) is 15.3 Å². The number of thiophene rings is 1. The number of hydrogen-bond donors (Lipinski definition) is 2. The van der Waals surface area contributed by atoms with Gasteiger partial charge in [-0.3, -0.25) is 9.59 Å². The molecule has 144 valence electrons. The van der Waals surface area contributed by atoms with Crippen LogP contribution in [0.3, 0.4) is 0 Å². The molecule has 3 heterocycles. The van der Waals surface area contributed by atoms with Gasteiger partial charge in [-0.25, -0.2) is 9.97 Å². The SMILES string of the molecule is CC[C@H](NC(=O)C1CCN(c2cncnc2NC(C)=O)CC1)c1cccs1. The van der Waals surface area contributed by atoms with Crippen LogP contribution in [0.25, 0.3) is 0 Å². The van der Waals surface area contributed by atoms with Crippen LogP contribution in [0.15, 0.2) is 30.0 Å². The zero-order valence-electron chi connectivity index (χ0n) is 15.6. The summed E-state index contributed by atoms with van der Waals surface area (Å²) in [6, 6.07) is 4.17. The Labute approximate surface area is 163 Å². The zero-order valence-corrected chi connectivity index (χ0v) is 16.5. The lowest BCUT2D eigenvalue weighted by molar-refractivity contribution is -0.126. The summed E-state index contributed by atoms with van der Waals surface area (Å²) in [5, 5.41) is 7.99. The molecule has 0 radical (unpaired) electrons. The zero-order chi connectivity index (χ0) is 19.2. The van der Waals surface area contributed by atoms with Crippen LogP contribution in [0.4, 0.5) is 11.5 Å². The van der Waals surface area contributed by atoms with E-state index < -0.39 is 0 Å². The summed E-state index contributed by atoms with van der Waals surface area (Å²) >= 11 is 1.68. The monoisotopic (exact) mass is 387 g/mol. The molecule has 1 atom stereocenters. The fourth-order valence-corrected chi connectivity index (χ4v) is 4.21. The quantitative estimate of drug-likeness (QED) is 0.796. The van der Waals surface area contributed by atoms with E-state index >= 15 is 0 Å². The first-order chi connectivity index (χ1) is 13.1. The Morgan fingerprint density at radius 2 is 2.15 bits per heavy atom. The average Bonchev–Trinajstić information content (AvgIpc) is 3.20. The van der Waals surface area contributed by atoms with E-state index in [1.54, 1.807) is 17.5 Å². The van der Waals surface area contributed by atoms with Crippen molar-refractivity contribution in [3.05, 3.63) is 34.9 Å². The Bertz CT molecular complexity index is 772. The lowest BCUT2D eigenvalue weighted by Gasteiger charge is -2.34. The van der Waals surface area contributed by atoms with Crippen LogP contribution in [-0.4, -0.2) is 34.9 Å². The van der Waals surface area contributed by atoms with E-state index in [2.05, 4.69) is 38.5 Å². The van der Waals surface area contributed by atoms with Gasteiger partial charge in [-0.05, 0) is 30.7 Å². The lowest BCUT2D eigenvalue weighted by atomic mass is 9.95. The maximum Gasteiger partial charge on any atom is 0.223 e. The maximum atomic E-state index is 12.7. The predicted octanol–water partition coefficient (Wildman–Crippen LogP) is 2.98. The fraction of sp³-hybridized carbons (Fsp3) is 0.474. The van der Waals surface area contributed by atoms with Crippen molar-refractivity contribution in [2.45, 2.75) is 39.2 Å². The number of nitrogens with zero attached hydrogens (tertiary/aromatic N) is 3. The van der Waals surface area contributed by atoms with Gasteiger partial charge in [0.2, 0.25) is 11.8 Å². The molecule has 2 aromatic rings. The minimum atomic E-state index is -0.164. The van der Waals surface area contributed by atoms with Crippen LogP contribution < -0.4 is 15.5 Å². The first-order valence-electron chi connectivity index (χ1n) is 9.24. The molecule has 2 aromatic heterocycles. The number of amides is 2. The second kappa shape index (κ2) is 8.94. The van der Waals surface area contributed by atoms with Crippen molar-refractivity contribution >= 4 is 34.7 Å². The van der Waals surface area contributed by atoms with Crippen LogP contribution in [0.2, 0.25) is 0 Å². The Kier molecular flexibility index (Phi) is 6.39. The maximum absolute atomic E-state index is 12.7. The molecular formula is C19H25N5O2S. The number of carbonyl (C=O) groups excluding carboxylic acids is 2. The van der Waals surface area contributed by atoms with Crippen LogP contribution in [0, 0.1) is 5.92 Å². The minimum absolute atomic E-state index is 0.00380. The molecule has 1 saturated heterocycles. The van der Waals surface area contributed by atoms with Crippen molar-refractivity contribution in [2.24, 2.45) is 5.92 Å². The second-order valence-corrected chi connectivity index (χ2v) is 7.66. The predicted molar refractivity (Wildman–Crippen MR) is 107 cm³/mol. The second-order valence-electron chi connectivity index (χ2n) is 6.68. The molecule has 1 aliphatic rings. The van der Waals surface area contributed by atoms with Crippen LogP contribution in [0.5, 0.6) is 0 Å². The number of carbonyl (C=O) groups is 2. The Morgan fingerprint density at radius 3 is 2.78 bits per heavy atom. The molecular weight excluding hydrogens is 362 g/mol. The number of piperidine rings is 1. The van der Waals surface area contributed by atoms with Crippen molar-refractivity contribution in [1.29, 1.82) is 0 Å². The molecule has 3 rings (SSSR count). The van der Waals surface area contributed by atoms with Gasteiger partial charge in [-0.15, -0.1) is 11.3 Å². The average molecular weight is 388 g/mol. The standard InChI is InChI=1S/C19H25N5O2S/c1-3-15(17-5-4-10-27-17)23-19(26)14-6-8-24(9-7-14)16-11-20-12-21-18(16)22-13(2)25/h4-5,10-12,14-15H,3,6-9H2,1-2H3,(H,23,26)(H,20,21,22,25)/t15-/m0/s1. The summed E-state index contributed by atoms with van der Waals surface area (Å²) < 4.78 is 0. The third-order valence-electron chi connectivity index (χ3n) is 4.81. The number of hydrogen-bond acceptors (Lipinski definition) is 6. The molecule has 0 bridgehead atoms. The first kappa shape index (κ1) is 19.3. The highest BCUT2D eigenvalue weighted by Gasteiger charge is 2.28. The summed E-state index contributed by atoms with van der Waals surface area (Å²) in [7, 11) is 0. The number of nitrogens with one attached hydrogen (secondary N) is 2. The molecule has 0 unspecified atom stereocenters. The Morgan fingerprint density at radius 1 is 1.37 bits per heavy atom. The molecule has 0 spiro atoms. The number of aromatic nitrogens is 2. The molecule has 0 aromatic carbocycles. The summed E-state index contributed by atoms with van der Waals surface area (Å²) in [4.78, 5) is 35.7. The van der Waals surface area contributed by atoms with Gasteiger partial charge in [0, 0.05) is 30.8 Å². The third kappa shape index (κ3) is 4.82. The molecule has 2 N–H and O–H groups in total. The third-order valence-corrected chi connectivity index (χ3v) is 5.79. The topological polar surface area (TPSA) is 87.2 Å². The molecule has 0 aliphatic carbocycles. The highest BCUT2D eigenvalue weighted by molar-refractivity contribution is 7.10. The fourth-order valence-electron chi connectivity index (χ4n) is 3.35. The van der Waals surface area contributed by atoms with Gasteiger partial charge in [0.05, 0.1) is 17.9 Å². The Hall–Kier alpha value is -2.48. The summed E-state index contributed by atoms with van der Waals surface area (Å²) in [5.74, 6) is 0.484. The van der Waals surface area contributed by atoms with Crippen molar-refractivity contribution in [3.63, 3.8) is 0 Å². The summed E-state index contributed by atoms with van der Waals surface area (Å²) in [6.45, 7) is 5.01. The van der Waals surface area contributed by atoms with Gasteiger partial charge in [0.1, 0.15) is 6.33 Å². The van der Waals surface area contributed by atoms with Gasteiger partial charge >= 0.3 is 0 Å². The van der Waals surface area contributed by atoms with Crippen molar-refractivity contribution in [3.8, 4) is 0 Å². The highest BCUT2D eigenvalue weighted by atomic mass is 32.1. The summed E-state index contributed by atoms with van der Waals surface area (Å²) in [5.41, 5.74) is 0.802. The van der Waals surface area contributed by atoms with Crippen LogP contribution in [0.1, 0.15) is 44.0 Å². The van der Waals surface area contributed by atoms with E-state index in [9.17, 15) is 9.59 Å². The minimum Gasteiger partial charge on any atom is -0.367 e. The van der Waals surface area contributed by atoms with Gasteiger partial charge in [-0.2, -0.15) is 0 Å². The number of rotatable bonds is 6. The lowest BCUT2D eigenvalue weighted by Crippen LogP contribution is -2.41. The summed E-state index contributed by atoms with van der Waals surface area (Å²) in [6.07, 6.45) is 5.54. The largest absolute Gasteiger partial charge is 0.367 e. The molecule has 7 nitrogen and oxygen atoms in total. The normalized spacial score (nSPS) is 16.0. The van der Waals surface area contributed by atoms with E-state index in [4.69, 9.17) is 0 Å². The van der Waals surface area contributed by atoms with E-state index in [0.717, 1.165) is 38.0 Å². The smallest absolute Gasteiger partial charge is 0.223 e. The van der Waals surface area contributed by atoms with Gasteiger partial charge in [-0.1, -0.05) is 13.0 Å². The first-order valence-corrected chi connectivity index (χ1v) is 10.1. The van der Waals surface area contributed by atoms with Crippen molar-refractivity contribution in [2.75, 3.05) is 23.3 Å². The highest BCUT2D eigenvalue weighted by Crippen LogP contribution is 2.29. The molecule has 2 amide bonds. The van der Waals surface area contributed by atoms with E-state index in [1.807, 2.05) is 11.4 Å². The number of anilines is 2. The van der Waals surface area contributed by atoms with E-state index in [1.165, 1.54) is 18.1 Å².